The molecule has 1 aromatic heterocycles. The summed E-state index contributed by atoms with van der Waals surface area (Å²) in [7, 11) is 0. The van der Waals surface area contributed by atoms with Gasteiger partial charge in [-0.25, -0.2) is 4.98 Å². The molecule has 0 aliphatic heterocycles. The van der Waals surface area contributed by atoms with Gasteiger partial charge in [0.25, 0.3) is 0 Å². The van der Waals surface area contributed by atoms with E-state index in [1.54, 1.807) is 23.1 Å². The van der Waals surface area contributed by atoms with E-state index in [0.717, 1.165) is 16.3 Å². The van der Waals surface area contributed by atoms with E-state index in [1.165, 1.54) is 15.8 Å². The van der Waals surface area contributed by atoms with Gasteiger partial charge in [-0.1, -0.05) is 48.2 Å². The molecule has 0 saturated carbocycles. The van der Waals surface area contributed by atoms with Crippen LogP contribution in [-0.2, 0) is 6.42 Å². The van der Waals surface area contributed by atoms with E-state index in [9.17, 15) is 5.11 Å². The highest BCUT2D eigenvalue weighted by atomic mass is 32.2. The van der Waals surface area contributed by atoms with Crippen LogP contribution in [0.4, 0.5) is 0 Å². The number of rotatable bonds is 2. The van der Waals surface area contributed by atoms with Crippen LogP contribution in [0.25, 0.3) is 10.2 Å². The van der Waals surface area contributed by atoms with Crippen molar-refractivity contribution < 1.29 is 5.11 Å². The summed E-state index contributed by atoms with van der Waals surface area (Å²) in [6.45, 7) is 0. The van der Waals surface area contributed by atoms with E-state index in [-0.39, 0.29) is 11.4 Å². The van der Waals surface area contributed by atoms with Crippen molar-refractivity contribution >= 4 is 33.3 Å². The van der Waals surface area contributed by atoms with Crippen molar-refractivity contribution in [2.24, 2.45) is 0 Å². The molecular weight excluding hydrogens is 286 g/mol. The molecule has 4 heteroatoms. The van der Waals surface area contributed by atoms with Crippen molar-refractivity contribution in [3.05, 3.63) is 59.7 Å². The van der Waals surface area contributed by atoms with E-state index in [2.05, 4.69) is 23.2 Å². The standard InChI is InChI=1S/C16H13NOS2/c18-13-9-10-5-1-2-6-11(10)15(13)20-16-17-12-7-3-4-8-14(12)19-16/h1-8,13,15,18H,9H2/t13-,15+/m1/s1. The number of nitrogens with zero attached hydrogens (tertiary/aromatic N) is 1. The molecule has 2 atom stereocenters. The number of para-hydroxylation sites is 1. The van der Waals surface area contributed by atoms with Crippen LogP contribution in [0.15, 0.2) is 52.9 Å². The number of aromatic nitrogens is 1. The number of aliphatic hydroxyl groups is 1. The quantitative estimate of drug-likeness (QED) is 0.775. The molecule has 0 bridgehead atoms. The molecule has 2 nitrogen and oxygen atoms in total. The average Bonchev–Trinajstić information content (AvgIpc) is 3.00. The van der Waals surface area contributed by atoms with E-state index in [4.69, 9.17) is 0 Å². The van der Waals surface area contributed by atoms with Gasteiger partial charge in [-0.3, -0.25) is 0 Å². The number of benzene rings is 2. The largest absolute Gasteiger partial charge is 0.391 e. The molecule has 0 saturated heterocycles. The molecule has 0 spiro atoms. The topological polar surface area (TPSA) is 33.1 Å². The molecule has 3 aromatic rings. The number of hydrogen-bond donors (Lipinski definition) is 1. The van der Waals surface area contributed by atoms with Crippen LogP contribution in [0.1, 0.15) is 16.4 Å². The Labute approximate surface area is 125 Å². The third-order valence-electron chi connectivity index (χ3n) is 3.64. The maximum absolute atomic E-state index is 10.3. The van der Waals surface area contributed by atoms with Crippen molar-refractivity contribution in [3.8, 4) is 0 Å². The van der Waals surface area contributed by atoms with Gasteiger partial charge >= 0.3 is 0 Å². The molecule has 0 fully saturated rings. The van der Waals surface area contributed by atoms with E-state index in [1.807, 2.05) is 30.3 Å². The first-order valence-electron chi connectivity index (χ1n) is 6.59. The van der Waals surface area contributed by atoms with Gasteiger partial charge in [0.05, 0.1) is 21.6 Å². The lowest BCUT2D eigenvalue weighted by atomic mass is 10.1. The molecule has 0 amide bonds. The summed E-state index contributed by atoms with van der Waals surface area (Å²) in [5.41, 5.74) is 3.56. The Morgan fingerprint density at radius 1 is 1.10 bits per heavy atom. The Morgan fingerprint density at radius 3 is 2.80 bits per heavy atom. The Hall–Kier alpha value is -1.36. The van der Waals surface area contributed by atoms with Gasteiger partial charge in [0, 0.05) is 6.42 Å². The molecule has 20 heavy (non-hydrogen) atoms. The Morgan fingerprint density at radius 2 is 1.90 bits per heavy atom. The lowest BCUT2D eigenvalue weighted by Gasteiger charge is -2.13. The minimum atomic E-state index is -0.315. The fraction of sp³-hybridized carbons (Fsp3) is 0.188. The molecular formula is C16H13NOS2. The van der Waals surface area contributed by atoms with Gasteiger partial charge in [0.2, 0.25) is 0 Å². The van der Waals surface area contributed by atoms with Gasteiger partial charge in [-0.05, 0) is 23.3 Å². The normalized spacial score (nSPS) is 21.2. The lowest BCUT2D eigenvalue weighted by Crippen LogP contribution is -2.09. The number of hydrogen-bond acceptors (Lipinski definition) is 4. The first-order valence-corrected chi connectivity index (χ1v) is 8.29. The van der Waals surface area contributed by atoms with Gasteiger partial charge in [0.1, 0.15) is 0 Å². The summed E-state index contributed by atoms with van der Waals surface area (Å²) in [6, 6.07) is 16.5. The number of fused-ring (bicyclic) bond motifs is 2. The summed E-state index contributed by atoms with van der Waals surface area (Å²) in [5, 5.41) is 10.4. The van der Waals surface area contributed by atoms with Gasteiger partial charge in [-0.2, -0.15) is 0 Å². The second kappa shape index (κ2) is 4.88. The smallest absolute Gasteiger partial charge is 0.151 e. The van der Waals surface area contributed by atoms with Crippen molar-refractivity contribution in [2.45, 2.75) is 22.1 Å². The van der Waals surface area contributed by atoms with Crippen LogP contribution < -0.4 is 0 Å². The van der Waals surface area contributed by atoms with E-state index >= 15 is 0 Å². The Kier molecular flexibility index (Phi) is 3.02. The monoisotopic (exact) mass is 299 g/mol. The van der Waals surface area contributed by atoms with Crippen LogP contribution in [0, 0.1) is 0 Å². The van der Waals surface area contributed by atoms with Crippen LogP contribution >= 0.6 is 23.1 Å². The summed E-state index contributed by atoms with van der Waals surface area (Å²) in [4.78, 5) is 4.65. The average molecular weight is 299 g/mol. The van der Waals surface area contributed by atoms with Gasteiger partial charge < -0.3 is 5.11 Å². The van der Waals surface area contributed by atoms with Crippen LogP contribution in [0.2, 0.25) is 0 Å². The van der Waals surface area contributed by atoms with Crippen molar-refractivity contribution in [1.29, 1.82) is 0 Å². The predicted octanol–water partition coefficient (Wildman–Crippen LogP) is 4.05. The zero-order valence-electron chi connectivity index (χ0n) is 10.7. The fourth-order valence-electron chi connectivity index (χ4n) is 2.69. The van der Waals surface area contributed by atoms with Crippen molar-refractivity contribution in [3.63, 3.8) is 0 Å². The highest BCUT2D eigenvalue weighted by molar-refractivity contribution is 8.01. The van der Waals surface area contributed by atoms with Gasteiger partial charge in [-0.15, -0.1) is 11.3 Å². The molecule has 1 aliphatic rings. The van der Waals surface area contributed by atoms with E-state index < -0.39 is 0 Å². The summed E-state index contributed by atoms with van der Waals surface area (Å²) in [5.74, 6) is 0. The molecule has 100 valence electrons. The molecule has 1 N–H and O–H groups in total. The predicted molar refractivity (Wildman–Crippen MR) is 84.4 cm³/mol. The van der Waals surface area contributed by atoms with Crippen LogP contribution in [0.5, 0.6) is 0 Å². The third kappa shape index (κ3) is 2.04. The fourth-order valence-corrected chi connectivity index (χ4v) is 5.14. The molecule has 0 radical (unpaired) electrons. The Balaban J connectivity index is 1.68. The maximum atomic E-state index is 10.3. The van der Waals surface area contributed by atoms with Crippen LogP contribution in [-0.4, -0.2) is 16.2 Å². The minimum absolute atomic E-state index is 0.103. The van der Waals surface area contributed by atoms with E-state index in [0.29, 0.717) is 0 Å². The first kappa shape index (κ1) is 12.4. The van der Waals surface area contributed by atoms with Gasteiger partial charge in [0.15, 0.2) is 4.34 Å². The summed E-state index contributed by atoms with van der Waals surface area (Å²) in [6.07, 6.45) is 0.433. The molecule has 4 rings (SSSR count). The molecule has 2 aromatic carbocycles. The minimum Gasteiger partial charge on any atom is -0.391 e. The van der Waals surface area contributed by atoms with Crippen molar-refractivity contribution in [2.75, 3.05) is 0 Å². The Bertz CT molecular complexity index is 735. The van der Waals surface area contributed by atoms with Crippen molar-refractivity contribution in [1.82, 2.24) is 4.98 Å². The lowest BCUT2D eigenvalue weighted by molar-refractivity contribution is 0.184. The highest BCUT2D eigenvalue weighted by Crippen LogP contribution is 2.46. The maximum Gasteiger partial charge on any atom is 0.151 e. The third-order valence-corrected chi connectivity index (χ3v) is 6.13. The SMILES string of the molecule is O[C@@H]1Cc2ccccc2[C@@H]1Sc1nc2ccccc2s1. The zero-order chi connectivity index (χ0) is 13.5. The second-order valence-corrected chi connectivity index (χ2v) is 7.38. The highest BCUT2D eigenvalue weighted by Gasteiger charge is 2.32. The number of thiazole rings is 1. The summed E-state index contributed by atoms with van der Waals surface area (Å²) < 4.78 is 2.24. The summed E-state index contributed by atoms with van der Waals surface area (Å²) >= 11 is 3.39. The first-order chi connectivity index (χ1) is 9.81. The van der Waals surface area contributed by atoms with Crippen LogP contribution in [0.3, 0.4) is 0 Å². The molecule has 1 heterocycles. The molecule has 0 unspecified atom stereocenters. The second-order valence-electron chi connectivity index (χ2n) is 4.96. The number of thioether (sulfide) groups is 1. The zero-order valence-corrected chi connectivity index (χ0v) is 12.3. The molecule has 1 aliphatic carbocycles. The number of aliphatic hydroxyl groups excluding tert-OH is 1.